The van der Waals surface area contributed by atoms with Gasteiger partial charge in [0.2, 0.25) is 0 Å². The van der Waals surface area contributed by atoms with Crippen LogP contribution in [-0.4, -0.2) is 25.7 Å². The van der Waals surface area contributed by atoms with E-state index in [-0.39, 0.29) is 10.9 Å². The van der Waals surface area contributed by atoms with Gasteiger partial charge in [0.1, 0.15) is 10.7 Å². The summed E-state index contributed by atoms with van der Waals surface area (Å²) in [6.45, 7) is 6.47. The SMILES string of the molecule is CC(C)CCCC(C)Nc1ncccc1S(C)(=O)=O. The van der Waals surface area contributed by atoms with Crippen LogP contribution in [-0.2, 0) is 9.84 Å². The molecular weight excluding hydrogens is 260 g/mol. The fourth-order valence-electron chi connectivity index (χ4n) is 1.94. The Balaban J connectivity index is 2.67. The van der Waals surface area contributed by atoms with Crippen molar-refractivity contribution in [2.45, 2.75) is 51.0 Å². The third kappa shape index (κ3) is 5.59. The summed E-state index contributed by atoms with van der Waals surface area (Å²) in [6.07, 6.45) is 6.15. The fourth-order valence-corrected chi connectivity index (χ4v) is 2.72. The minimum atomic E-state index is -3.24. The number of hydrogen-bond acceptors (Lipinski definition) is 4. The van der Waals surface area contributed by atoms with E-state index in [1.807, 2.05) is 0 Å². The van der Waals surface area contributed by atoms with Gasteiger partial charge >= 0.3 is 0 Å². The highest BCUT2D eigenvalue weighted by Crippen LogP contribution is 2.19. The molecule has 0 aliphatic heterocycles. The molecule has 0 aliphatic rings. The van der Waals surface area contributed by atoms with Crippen molar-refractivity contribution < 1.29 is 8.42 Å². The number of nitrogens with one attached hydrogen (secondary N) is 1. The second-order valence-corrected chi connectivity index (χ2v) is 7.48. The molecule has 1 heterocycles. The Hall–Kier alpha value is -1.10. The van der Waals surface area contributed by atoms with Gasteiger partial charge in [-0.2, -0.15) is 0 Å². The highest BCUT2D eigenvalue weighted by atomic mass is 32.2. The lowest BCUT2D eigenvalue weighted by molar-refractivity contribution is 0.519. The van der Waals surface area contributed by atoms with E-state index in [4.69, 9.17) is 0 Å². The van der Waals surface area contributed by atoms with E-state index in [2.05, 4.69) is 31.1 Å². The molecule has 1 aromatic heterocycles. The summed E-state index contributed by atoms with van der Waals surface area (Å²) in [6, 6.07) is 3.45. The molecule has 0 bridgehead atoms. The summed E-state index contributed by atoms with van der Waals surface area (Å²) >= 11 is 0. The summed E-state index contributed by atoms with van der Waals surface area (Å²) in [4.78, 5) is 4.41. The van der Waals surface area contributed by atoms with Crippen molar-refractivity contribution in [1.82, 2.24) is 4.98 Å². The van der Waals surface area contributed by atoms with Crippen molar-refractivity contribution in [1.29, 1.82) is 0 Å². The van der Waals surface area contributed by atoms with Crippen LogP contribution in [0, 0.1) is 5.92 Å². The molecule has 19 heavy (non-hydrogen) atoms. The van der Waals surface area contributed by atoms with Crippen LogP contribution >= 0.6 is 0 Å². The second kappa shape index (κ2) is 6.89. The zero-order chi connectivity index (χ0) is 14.5. The second-order valence-electron chi connectivity index (χ2n) is 5.49. The van der Waals surface area contributed by atoms with Gasteiger partial charge in [0.25, 0.3) is 0 Å². The predicted molar refractivity (Wildman–Crippen MR) is 79.1 cm³/mol. The summed E-state index contributed by atoms with van der Waals surface area (Å²) in [5.41, 5.74) is 0. The molecule has 1 rings (SSSR count). The molecule has 0 fully saturated rings. The summed E-state index contributed by atoms with van der Waals surface area (Å²) in [5.74, 6) is 1.16. The largest absolute Gasteiger partial charge is 0.367 e. The van der Waals surface area contributed by atoms with Crippen LogP contribution in [0.25, 0.3) is 0 Å². The van der Waals surface area contributed by atoms with Crippen LogP contribution in [0.3, 0.4) is 0 Å². The van der Waals surface area contributed by atoms with E-state index >= 15 is 0 Å². The molecule has 0 aliphatic carbocycles. The van der Waals surface area contributed by atoms with Gasteiger partial charge in [-0.1, -0.05) is 26.7 Å². The molecule has 4 nitrogen and oxygen atoms in total. The van der Waals surface area contributed by atoms with Crippen molar-refractivity contribution in [3.63, 3.8) is 0 Å². The first-order valence-corrected chi connectivity index (χ1v) is 8.61. The lowest BCUT2D eigenvalue weighted by Gasteiger charge is -2.16. The Morgan fingerprint density at radius 1 is 1.26 bits per heavy atom. The normalized spacial score (nSPS) is 13.5. The van der Waals surface area contributed by atoms with Crippen LogP contribution in [0.4, 0.5) is 5.82 Å². The van der Waals surface area contributed by atoms with E-state index in [1.165, 1.54) is 12.7 Å². The molecule has 0 radical (unpaired) electrons. The van der Waals surface area contributed by atoms with Crippen molar-refractivity contribution in [3.8, 4) is 0 Å². The smallest absolute Gasteiger partial charge is 0.179 e. The highest BCUT2D eigenvalue weighted by molar-refractivity contribution is 7.90. The third-order valence-electron chi connectivity index (χ3n) is 2.97. The summed E-state index contributed by atoms with van der Waals surface area (Å²) < 4.78 is 23.3. The lowest BCUT2D eigenvalue weighted by Crippen LogP contribution is -2.18. The van der Waals surface area contributed by atoms with E-state index < -0.39 is 9.84 Å². The predicted octanol–water partition coefficient (Wildman–Crippen LogP) is 3.11. The maximum atomic E-state index is 11.7. The van der Waals surface area contributed by atoms with Gasteiger partial charge in [-0.05, 0) is 31.4 Å². The van der Waals surface area contributed by atoms with Crippen molar-refractivity contribution >= 4 is 15.7 Å². The zero-order valence-electron chi connectivity index (χ0n) is 12.2. The number of rotatable bonds is 7. The van der Waals surface area contributed by atoms with Gasteiger partial charge in [-0.15, -0.1) is 0 Å². The maximum absolute atomic E-state index is 11.7. The van der Waals surface area contributed by atoms with Crippen LogP contribution in [0.1, 0.15) is 40.0 Å². The topological polar surface area (TPSA) is 59.1 Å². The zero-order valence-corrected chi connectivity index (χ0v) is 13.0. The minimum absolute atomic E-state index is 0.217. The molecule has 0 saturated carbocycles. The molecule has 108 valence electrons. The van der Waals surface area contributed by atoms with Gasteiger partial charge in [0, 0.05) is 18.5 Å². The quantitative estimate of drug-likeness (QED) is 0.835. The summed E-state index contributed by atoms with van der Waals surface area (Å²) in [7, 11) is -3.24. The highest BCUT2D eigenvalue weighted by Gasteiger charge is 2.15. The molecule has 1 atom stereocenters. The number of hydrogen-bond donors (Lipinski definition) is 1. The molecule has 0 aromatic carbocycles. The fraction of sp³-hybridized carbons (Fsp3) is 0.643. The van der Waals surface area contributed by atoms with E-state index in [1.54, 1.807) is 18.3 Å². The molecule has 5 heteroatoms. The molecule has 1 N–H and O–H groups in total. The lowest BCUT2D eigenvalue weighted by atomic mass is 10.0. The molecule has 0 amide bonds. The van der Waals surface area contributed by atoms with Crippen molar-refractivity contribution in [2.75, 3.05) is 11.6 Å². The Bertz CT molecular complexity index is 498. The van der Waals surface area contributed by atoms with Crippen LogP contribution in [0.5, 0.6) is 0 Å². The minimum Gasteiger partial charge on any atom is -0.367 e. The van der Waals surface area contributed by atoms with Gasteiger partial charge in [0.15, 0.2) is 9.84 Å². The number of aromatic nitrogens is 1. The Morgan fingerprint density at radius 2 is 1.95 bits per heavy atom. The maximum Gasteiger partial charge on any atom is 0.179 e. The van der Waals surface area contributed by atoms with Crippen LogP contribution in [0.15, 0.2) is 23.2 Å². The van der Waals surface area contributed by atoms with Crippen molar-refractivity contribution in [2.24, 2.45) is 5.92 Å². The van der Waals surface area contributed by atoms with Crippen LogP contribution in [0.2, 0.25) is 0 Å². The van der Waals surface area contributed by atoms with E-state index in [0.717, 1.165) is 12.8 Å². The van der Waals surface area contributed by atoms with Crippen molar-refractivity contribution in [3.05, 3.63) is 18.3 Å². The number of nitrogens with zero attached hydrogens (tertiary/aromatic N) is 1. The van der Waals surface area contributed by atoms with Gasteiger partial charge < -0.3 is 5.32 Å². The average molecular weight is 284 g/mol. The van der Waals surface area contributed by atoms with Gasteiger partial charge in [-0.25, -0.2) is 13.4 Å². The number of pyridine rings is 1. The monoisotopic (exact) mass is 284 g/mol. The first kappa shape index (κ1) is 16.0. The number of anilines is 1. The average Bonchev–Trinajstić information content (AvgIpc) is 2.27. The van der Waals surface area contributed by atoms with E-state index in [9.17, 15) is 8.42 Å². The molecular formula is C14H24N2O2S. The van der Waals surface area contributed by atoms with Crippen LogP contribution < -0.4 is 5.32 Å². The molecule has 1 aromatic rings. The Morgan fingerprint density at radius 3 is 2.53 bits per heavy atom. The third-order valence-corrected chi connectivity index (χ3v) is 4.10. The van der Waals surface area contributed by atoms with Gasteiger partial charge in [0.05, 0.1) is 0 Å². The summed E-state index contributed by atoms with van der Waals surface area (Å²) in [5, 5.41) is 3.20. The molecule has 1 unspecified atom stereocenters. The molecule has 0 saturated heterocycles. The molecule has 0 spiro atoms. The number of sulfone groups is 1. The Labute approximate surface area is 116 Å². The first-order chi connectivity index (χ1) is 8.80. The van der Waals surface area contributed by atoms with E-state index in [0.29, 0.717) is 11.7 Å². The standard InChI is InChI=1S/C14H24N2O2S/c1-11(2)7-5-8-12(3)16-14-13(19(4,17)18)9-6-10-15-14/h6,9-12H,5,7-8H2,1-4H3,(H,15,16). The Kier molecular flexibility index (Phi) is 5.79. The first-order valence-electron chi connectivity index (χ1n) is 6.72. The van der Waals surface area contributed by atoms with Gasteiger partial charge in [-0.3, -0.25) is 0 Å².